The molecule has 2 aliphatic rings. The third-order valence-corrected chi connectivity index (χ3v) is 3.76. The zero-order chi connectivity index (χ0) is 9.47. The van der Waals surface area contributed by atoms with E-state index in [9.17, 15) is 0 Å². The summed E-state index contributed by atoms with van der Waals surface area (Å²) in [5.41, 5.74) is 0.455. The van der Waals surface area contributed by atoms with E-state index in [1.54, 1.807) is 0 Å². The first kappa shape index (κ1) is 9.47. The van der Waals surface area contributed by atoms with Crippen LogP contribution in [0.1, 0.15) is 33.6 Å². The van der Waals surface area contributed by atoms with Crippen molar-refractivity contribution in [1.29, 1.82) is 0 Å². The molecule has 1 N–H and O–H groups in total. The van der Waals surface area contributed by atoms with Gasteiger partial charge in [0.05, 0.1) is 0 Å². The van der Waals surface area contributed by atoms with Crippen LogP contribution in [0.25, 0.3) is 0 Å². The summed E-state index contributed by atoms with van der Waals surface area (Å²) in [7, 11) is 0. The van der Waals surface area contributed by atoms with Gasteiger partial charge in [0.25, 0.3) is 0 Å². The largest absolute Gasteiger partial charge is 0.312 e. The van der Waals surface area contributed by atoms with Crippen molar-refractivity contribution >= 4 is 0 Å². The van der Waals surface area contributed by atoms with Crippen LogP contribution in [-0.4, -0.2) is 36.1 Å². The van der Waals surface area contributed by atoms with Gasteiger partial charge >= 0.3 is 0 Å². The van der Waals surface area contributed by atoms with Crippen LogP contribution in [0.3, 0.4) is 0 Å². The predicted octanol–water partition coefficient (Wildman–Crippen LogP) is 1.47. The second-order valence-corrected chi connectivity index (χ2v) is 5.23. The zero-order valence-corrected chi connectivity index (χ0v) is 9.14. The lowest BCUT2D eigenvalue weighted by Gasteiger charge is -2.43. The molecular formula is C11H22N2. The summed E-state index contributed by atoms with van der Waals surface area (Å²) in [4.78, 5) is 2.67. The molecule has 13 heavy (non-hydrogen) atoms. The summed E-state index contributed by atoms with van der Waals surface area (Å²) >= 11 is 0. The second-order valence-electron chi connectivity index (χ2n) is 5.23. The molecule has 1 saturated heterocycles. The Balaban J connectivity index is 1.97. The topological polar surface area (TPSA) is 15.3 Å². The molecule has 2 rings (SSSR count). The standard InChI is InChI=1S/C11H22N2/c1-9-8-13(7-6-12-9)11(2,3)10-4-5-10/h9-10,12H,4-8H2,1-3H3. The summed E-state index contributed by atoms with van der Waals surface area (Å²) in [5.74, 6) is 0.970. The van der Waals surface area contributed by atoms with Crippen LogP contribution in [-0.2, 0) is 0 Å². The van der Waals surface area contributed by atoms with Gasteiger partial charge in [-0.2, -0.15) is 0 Å². The zero-order valence-electron chi connectivity index (χ0n) is 9.14. The lowest BCUT2D eigenvalue weighted by atomic mass is 9.94. The molecule has 2 nitrogen and oxygen atoms in total. The summed E-state index contributed by atoms with van der Waals surface area (Å²) in [5, 5.41) is 3.50. The molecule has 1 aliphatic heterocycles. The third-order valence-electron chi connectivity index (χ3n) is 3.76. The molecule has 0 aromatic rings. The maximum atomic E-state index is 3.50. The van der Waals surface area contributed by atoms with Crippen molar-refractivity contribution < 1.29 is 0 Å². The molecule has 2 heteroatoms. The number of hydrogen-bond donors (Lipinski definition) is 1. The molecule has 1 saturated carbocycles. The highest BCUT2D eigenvalue weighted by Crippen LogP contribution is 2.42. The summed E-state index contributed by atoms with van der Waals surface area (Å²) in [6.45, 7) is 10.7. The van der Waals surface area contributed by atoms with E-state index in [4.69, 9.17) is 0 Å². The van der Waals surface area contributed by atoms with Crippen molar-refractivity contribution in [2.45, 2.75) is 45.2 Å². The summed E-state index contributed by atoms with van der Waals surface area (Å²) in [6, 6.07) is 0.673. The Hall–Kier alpha value is -0.0800. The molecule has 0 spiro atoms. The monoisotopic (exact) mass is 182 g/mol. The Labute approximate surface area is 81.7 Å². The van der Waals surface area contributed by atoms with Gasteiger partial charge < -0.3 is 5.32 Å². The van der Waals surface area contributed by atoms with Crippen molar-refractivity contribution in [1.82, 2.24) is 10.2 Å². The Morgan fingerprint density at radius 2 is 2.00 bits per heavy atom. The fourth-order valence-electron chi connectivity index (χ4n) is 2.50. The van der Waals surface area contributed by atoms with Crippen LogP contribution in [0.2, 0.25) is 0 Å². The van der Waals surface area contributed by atoms with Gasteiger partial charge in [0.2, 0.25) is 0 Å². The van der Waals surface area contributed by atoms with Crippen LogP contribution in [0.4, 0.5) is 0 Å². The summed E-state index contributed by atoms with van der Waals surface area (Å²) < 4.78 is 0. The van der Waals surface area contributed by atoms with Crippen LogP contribution in [0, 0.1) is 5.92 Å². The highest BCUT2D eigenvalue weighted by Gasteiger charge is 2.42. The molecular weight excluding hydrogens is 160 g/mol. The van der Waals surface area contributed by atoms with Gasteiger partial charge in [-0.25, -0.2) is 0 Å². The molecule has 76 valence electrons. The molecule has 0 bridgehead atoms. The van der Waals surface area contributed by atoms with Crippen molar-refractivity contribution in [3.63, 3.8) is 0 Å². The molecule has 0 aromatic carbocycles. The lowest BCUT2D eigenvalue weighted by Crippen LogP contribution is -2.57. The van der Waals surface area contributed by atoms with Gasteiger partial charge in [-0.3, -0.25) is 4.90 Å². The summed E-state index contributed by atoms with van der Waals surface area (Å²) in [6.07, 6.45) is 2.90. The van der Waals surface area contributed by atoms with Crippen LogP contribution < -0.4 is 5.32 Å². The first-order valence-corrected chi connectivity index (χ1v) is 5.59. The SMILES string of the molecule is CC1CN(C(C)(C)C2CC2)CCN1. The van der Waals surface area contributed by atoms with Gasteiger partial charge in [0.15, 0.2) is 0 Å². The second kappa shape index (κ2) is 3.25. The molecule has 1 unspecified atom stereocenters. The van der Waals surface area contributed by atoms with E-state index in [1.807, 2.05) is 0 Å². The lowest BCUT2D eigenvalue weighted by molar-refractivity contribution is 0.0688. The Kier molecular flexibility index (Phi) is 2.37. The average Bonchev–Trinajstić information content (AvgIpc) is 2.86. The minimum absolute atomic E-state index is 0.455. The van der Waals surface area contributed by atoms with E-state index in [1.165, 1.54) is 25.9 Å². The van der Waals surface area contributed by atoms with Crippen molar-refractivity contribution in [2.75, 3.05) is 19.6 Å². The molecule has 1 atom stereocenters. The van der Waals surface area contributed by atoms with E-state index in [0.29, 0.717) is 11.6 Å². The molecule has 0 aromatic heterocycles. The van der Waals surface area contributed by atoms with Crippen molar-refractivity contribution in [3.8, 4) is 0 Å². The number of piperazine rings is 1. The molecule has 0 radical (unpaired) electrons. The molecule has 0 amide bonds. The fraction of sp³-hybridized carbons (Fsp3) is 1.00. The molecule has 2 fully saturated rings. The van der Waals surface area contributed by atoms with Gasteiger partial charge in [-0.1, -0.05) is 0 Å². The van der Waals surface area contributed by atoms with Crippen molar-refractivity contribution in [2.24, 2.45) is 5.92 Å². The minimum atomic E-state index is 0.455. The maximum Gasteiger partial charge on any atom is 0.0182 e. The molecule has 1 heterocycles. The predicted molar refractivity (Wildman–Crippen MR) is 55.8 cm³/mol. The minimum Gasteiger partial charge on any atom is -0.312 e. The van der Waals surface area contributed by atoms with Crippen molar-refractivity contribution in [3.05, 3.63) is 0 Å². The highest BCUT2D eigenvalue weighted by molar-refractivity contribution is 4.98. The average molecular weight is 182 g/mol. The molecule has 1 aliphatic carbocycles. The van der Waals surface area contributed by atoms with E-state index >= 15 is 0 Å². The first-order valence-electron chi connectivity index (χ1n) is 5.59. The van der Waals surface area contributed by atoms with Crippen LogP contribution in [0.5, 0.6) is 0 Å². The quantitative estimate of drug-likeness (QED) is 0.695. The Morgan fingerprint density at radius 3 is 2.54 bits per heavy atom. The van der Waals surface area contributed by atoms with E-state index < -0.39 is 0 Å². The highest BCUT2D eigenvalue weighted by atomic mass is 15.3. The van der Waals surface area contributed by atoms with E-state index in [2.05, 4.69) is 31.0 Å². The van der Waals surface area contributed by atoms with Gasteiger partial charge in [-0.15, -0.1) is 0 Å². The van der Waals surface area contributed by atoms with E-state index in [0.717, 1.165) is 12.5 Å². The van der Waals surface area contributed by atoms with Gasteiger partial charge in [-0.05, 0) is 39.5 Å². The van der Waals surface area contributed by atoms with Gasteiger partial charge in [0, 0.05) is 31.2 Å². The number of rotatable bonds is 2. The van der Waals surface area contributed by atoms with E-state index in [-0.39, 0.29) is 0 Å². The maximum absolute atomic E-state index is 3.50. The first-order chi connectivity index (χ1) is 6.10. The van der Waals surface area contributed by atoms with Crippen LogP contribution in [0.15, 0.2) is 0 Å². The Morgan fingerprint density at radius 1 is 1.31 bits per heavy atom. The fourth-order valence-corrected chi connectivity index (χ4v) is 2.50. The normalized spacial score (nSPS) is 32.1. The smallest absolute Gasteiger partial charge is 0.0182 e. The number of hydrogen-bond acceptors (Lipinski definition) is 2. The Bertz CT molecular complexity index is 185. The number of nitrogens with one attached hydrogen (secondary N) is 1. The van der Waals surface area contributed by atoms with Crippen LogP contribution >= 0.6 is 0 Å². The third kappa shape index (κ3) is 1.89. The van der Waals surface area contributed by atoms with Gasteiger partial charge in [0.1, 0.15) is 0 Å². The number of nitrogens with zero attached hydrogens (tertiary/aromatic N) is 1.